The van der Waals surface area contributed by atoms with Crippen LogP contribution in [-0.2, 0) is 17.6 Å². The Hall–Kier alpha value is -0.530. The summed E-state index contributed by atoms with van der Waals surface area (Å²) < 4.78 is 5.77. The predicted octanol–water partition coefficient (Wildman–Crippen LogP) is 4.91. The summed E-state index contributed by atoms with van der Waals surface area (Å²) in [5, 5.41) is 0.0867. The Labute approximate surface area is 122 Å². The van der Waals surface area contributed by atoms with Crippen molar-refractivity contribution in [2.24, 2.45) is 5.92 Å². The van der Waals surface area contributed by atoms with Crippen LogP contribution in [-0.4, -0.2) is 12.7 Å². The molecule has 1 nitrogen and oxygen atoms in total. The molecule has 0 spiro atoms. The monoisotopic (exact) mass is 280 g/mol. The lowest BCUT2D eigenvalue weighted by Gasteiger charge is -2.23. The van der Waals surface area contributed by atoms with Gasteiger partial charge in [0.2, 0.25) is 0 Å². The van der Waals surface area contributed by atoms with Gasteiger partial charge in [0.15, 0.2) is 0 Å². The second-order valence-corrected chi connectivity index (χ2v) is 5.88. The van der Waals surface area contributed by atoms with Gasteiger partial charge in [-0.2, -0.15) is 0 Å². The van der Waals surface area contributed by atoms with Crippen molar-refractivity contribution < 1.29 is 4.74 Å². The quantitative estimate of drug-likeness (QED) is 0.697. The molecule has 0 radical (unpaired) electrons. The van der Waals surface area contributed by atoms with Crippen molar-refractivity contribution >= 4 is 11.6 Å². The molecule has 2 heteroatoms. The molecule has 1 aliphatic rings. The molecule has 1 aromatic rings. The molecule has 1 fully saturated rings. The van der Waals surface area contributed by atoms with E-state index < -0.39 is 0 Å². The van der Waals surface area contributed by atoms with Crippen LogP contribution in [0, 0.1) is 5.92 Å². The summed E-state index contributed by atoms with van der Waals surface area (Å²) in [6, 6.07) is 6.77. The molecule has 1 saturated heterocycles. The molecule has 0 bridgehead atoms. The first-order valence-electron chi connectivity index (χ1n) is 7.58. The zero-order valence-electron chi connectivity index (χ0n) is 12.3. The van der Waals surface area contributed by atoms with Gasteiger partial charge >= 0.3 is 0 Å². The maximum Gasteiger partial charge on any atom is 0.0639 e. The Kier molecular flexibility index (Phi) is 5.29. The summed E-state index contributed by atoms with van der Waals surface area (Å²) in [5.41, 5.74) is 4.16. The summed E-state index contributed by atoms with van der Waals surface area (Å²) in [6.45, 7) is 7.48. The zero-order valence-corrected chi connectivity index (χ0v) is 13.0. The third-order valence-corrected chi connectivity index (χ3v) is 4.93. The number of rotatable bonds is 5. The van der Waals surface area contributed by atoms with Crippen molar-refractivity contribution in [1.29, 1.82) is 0 Å². The van der Waals surface area contributed by atoms with Gasteiger partial charge in [0.25, 0.3) is 0 Å². The molecule has 3 atom stereocenters. The summed E-state index contributed by atoms with van der Waals surface area (Å²) >= 11 is 6.73. The number of hydrogen-bond donors (Lipinski definition) is 0. The van der Waals surface area contributed by atoms with Crippen molar-refractivity contribution in [3.8, 4) is 0 Å². The molecule has 0 aromatic heterocycles. The van der Waals surface area contributed by atoms with E-state index in [0.29, 0.717) is 12.0 Å². The number of ether oxygens (including phenoxy) is 1. The number of alkyl halides is 1. The SMILES string of the molecule is CCc1ccc(C(Cl)C2CCOC2CC)cc1CC. The lowest BCUT2D eigenvalue weighted by Crippen LogP contribution is -2.19. The van der Waals surface area contributed by atoms with Crippen molar-refractivity contribution in [1.82, 2.24) is 0 Å². The minimum absolute atomic E-state index is 0.0867. The summed E-state index contributed by atoms with van der Waals surface area (Å²) in [4.78, 5) is 0. The van der Waals surface area contributed by atoms with E-state index in [9.17, 15) is 0 Å². The fraction of sp³-hybridized carbons (Fsp3) is 0.647. The summed E-state index contributed by atoms with van der Waals surface area (Å²) in [6.07, 6.45) is 4.66. The van der Waals surface area contributed by atoms with Crippen LogP contribution >= 0.6 is 11.6 Å². The maximum absolute atomic E-state index is 6.73. The van der Waals surface area contributed by atoms with Gasteiger partial charge in [0.1, 0.15) is 0 Å². The van der Waals surface area contributed by atoms with Gasteiger partial charge in [-0.1, -0.05) is 39.0 Å². The van der Waals surface area contributed by atoms with E-state index in [2.05, 4.69) is 39.0 Å². The third-order valence-electron chi connectivity index (χ3n) is 4.35. The minimum atomic E-state index is 0.0867. The number of hydrogen-bond acceptors (Lipinski definition) is 1. The molecule has 3 unspecified atom stereocenters. The zero-order chi connectivity index (χ0) is 13.8. The van der Waals surface area contributed by atoms with Crippen LogP contribution in [0.25, 0.3) is 0 Å². The number of aryl methyl sites for hydroxylation is 2. The molecule has 106 valence electrons. The van der Waals surface area contributed by atoms with Crippen LogP contribution in [0.1, 0.15) is 55.7 Å². The van der Waals surface area contributed by atoms with Crippen LogP contribution < -0.4 is 0 Å². The van der Waals surface area contributed by atoms with E-state index in [1.807, 2.05) is 0 Å². The highest BCUT2D eigenvalue weighted by molar-refractivity contribution is 6.21. The smallest absolute Gasteiger partial charge is 0.0639 e. The van der Waals surface area contributed by atoms with Gasteiger partial charge in [-0.15, -0.1) is 11.6 Å². The average Bonchev–Trinajstić information content (AvgIpc) is 2.94. The van der Waals surface area contributed by atoms with Crippen molar-refractivity contribution in [2.45, 2.75) is 57.9 Å². The molecule has 0 aliphatic carbocycles. The fourth-order valence-corrected chi connectivity index (χ4v) is 3.58. The molecule has 1 heterocycles. The second-order valence-electron chi connectivity index (χ2n) is 5.41. The molecule has 1 aromatic carbocycles. The van der Waals surface area contributed by atoms with E-state index in [0.717, 1.165) is 32.3 Å². The number of halogens is 1. The highest BCUT2D eigenvalue weighted by Crippen LogP contribution is 2.39. The molecular weight excluding hydrogens is 256 g/mol. The fourth-order valence-electron chi connectivity index (χ4n) is 3.16. The van der Waals surface area contributed by atoms with Gasteiger partial charge in [0.05, 0.1) is 11.5 Å². The summed E-state index contributed by atoms with van der Waals surface area (Å²) in [5.74, 6) is 0.462. The van der Waals surface area contributed by atoms with Crippen LogP contribution in [0.3, 0.4) is 0 Å². The Morgan fingerprint density at radius 1 is 1.21 bits per heavy atom. The van der Waals surface area contributed by atoms with Gasteiger partial charge < -0.3 is 4.74 Å². The summed E-state index contributed by atoms with van der Waals surface area (Å²) in [7, 11) is 0. The first kappa shape index (κ1) is 14.9. The van der Waals surface area contributed by atoms with Crippen LogP contribution in [0.15, 0.2) is 18.2 Å². The van der Waals surface area contributed by atoms with Crippen LogP contribution in [0.5, 0.6) is 0 Å². The lowest BCUT2D eigenvalue weighted by molar-refractivity contribution is 0.0864. The number of benzene rings is 1. The van der Waals surface area contributed by atoms with Gasteiger partial charge in [-0.25, -0.2) is 0 Å². The Balaban J connectivity index is 2.21. The Bertz CT molecular complexity index is 416. The van der Waals surface area contributed by atoms with Crippen LogP contribution in [0.2, 0.25) is 0 Å². The second kappa shape index (κ2) is 6.76. The van der Waals surface area contributed by atoms with E-state index >= 15 is 0 Å². The molecule has 0 amide bonds. The largest absolute Gasteiger partial charge is 0.378 e. The van der Waals surface area contributed by atoms with E-state index in [1.54, 1.807) is 0 Å². The van der Waals surface area contributed by atoms with E-state index in [4.69, 9.17) is 16.3 Å². The third kappa shape index (κ3) is 3.14. The van der Waals surface area contributed by atoms with Crippen molar-refractivity contribution in [3.63, 3.8) is 0 Å². The lowest BCUT2D eigenvalue weighted by atomic mass is 9.89. The van der Waals surface area contributed by atoms with Crippen LogP contribution in [0.4, 0.5) is 0 Å². The molecule has 1 aliphatic heterocycles. The first-order valence-corrected chi connectivity index (χ1v) is 8.02. The normalized spacial score (nSPS) is 24.6. The predicted molar refractivity (Wildman–Crippen MR) is 81.9 cm³/mol. The van der Waals surface area contributed by atoms with E-state index in [-0.39, 0.29) is 5.38 Å². The molecule has 2 rings (SSSR count). The molecule has 19 heavy (non-hydrogen) atoms. The standard InChI is InChI=1S/C17H25ClO/c1-4-12-7-8-14(11-13(12)5-2)17(18)15-9-10-19-16(15)6-3/h7-8,11,15-17H,4-6,9-10H2,1-3H3. The average molecular weight is 281 g/mol. The van der Waals surface area contributed by atoms with Gasteiger partial charge in [-0.3, -0.25) is 0 Å². The van der Waals surface area contributed by atoms with Gasteiger partial charge in [0, 0.05) is 12.5 Å². The van der Waals surface area contributed by atoms with Gasteiger partial charge in [-0.05, 0) is 42.4 Å². The molecular formula is C17H25ClO. The molecule has 0 N–H and O–H groups in total. The molecule has 0 saturated carbocycles. The highest BCUT2D eigenvalue weighted by Gasteiger charge is 2.33. The minimum Gasteiger partial charge on any atom is -0.378 e. The highest BCUT2D eigenvalue weighted by atomic mass is 35.5. The maximum atomic E-state index is 6.73. The Morgan fingerprint density at radius 2 is 1.95 bits per heavy atom. The van der Waals surface area contributed by atoms with Crippen molar-refractivity contribution in [3.05, 3.63) is 34.9 Å². The van der Waals surface area contributed by atoms with E-state index in [1.165, 1.54) is 16.7 Å². The topological polar surface area (TPSA) is 9.23 Å². The van der Waals surface area contributed by atoms with Crippen molar-refractivity contribution in [2.75, 3.05) is 6.61 Å². The first-order chi connectivity index (χ1) is 9.21. The Morgan fingerprint density at radius 3 is 2.58 bits per heavy atom.